The van der Waals surface area contributed by atoms with Crippen molar-refractivity contribution in [3.05, 3.63) is 206 Å². The third-order valence-corrected chi connectivity index (χ3v) is 9.58. The Hall–Kier alpha value is -6.64. The summed E-state index contributed by atoms with van der Waals surface area (Å²) in [5, 5.41) is 2.48. The van der Waals surface area contributed by atoms with Crippen LogP contribution in [-0.4, -0.2) is 4.57 Å². The first kappa shape index (κ1) is 29.5. The lowest BCUT2D eigenvalue weighted by molar-refractivity contribution is 1.18. The highest BCUT2D eigenvalue weighted by Gasteiger charge is 2.20. The standard InChI is InChI=1S/C48H34N2/c1-5-15-35(16-6-1)37-27-29-41(30-28-37)49(42-24-13-21-39(33-42)36-17-7-2-8-18-36)43-31-32-45-47(34-43)50(40-22-11-4-12-23-40)46-26-14-25-44(48(45)46)38-19-9-3-10-20-38/h1-34H. The van der Waals surface area contributed by atoms with Crippen molar-refractivity contribution in [3.63, 3.8) is 0 Å². The van der Waals surface area contributed by atoms with Crippen molar-refractivity contribution >= 4 is 38.9 Å². The number of para-hydroxylation sites is 1. The molecule has 0 unspecified atom stereocenters. The van der Waals surface area contributed by atoms with Gasteiger partial charge in [0, 0.05) is 33.5 Å². The molecule has 0 radical (unpaired) electrons. The zero-order valence-corrected chi connectivity index (χ0v) is 27.5. The molecule has 1 heterocycles. The van der Waals surface area contributed by atoms with Crippen LogP contribution in [0.2, 0.25) is 0 Å². The molecular weight excluding hydrogens is 605 g/mol. The van der Waals surface area contributed by atoms with E-state index >= 15 is 0 Å². The normalized spacial score (nSPS) is 11.2. The third-order valence-electron chi connectivity index (χ3n) is 9.58. The number of benzene rings is 8. The first-order chi connectivity index (χ1) is 24.8. The predicted octanol–water partition coefficient (Wildman–Crippen LogP) is 13.3. The summed E-state index contributed by atoms with van der Waals surface area (Å²) < 4.78 is 2.41. The first-order valence-corrected chi connectivity index (χ1v) is 17.1. The monoisotopic (exact) mass is 638 g/mol. The summed E-state index contributed by atoms with van der Waals surface area (Å²) in [5.41, 5.74) is 14.0. The van der Waals surface area contributed by atoms with Gasteiger partial charge in [-0.1, -0.05) is 152 Å². The van der Waals surface area contributed by atoms with Crippen molar-refractivity contribution < 1.29 is 0 Å². The maximum Gasteiger partial charge on any atom is 0.0562 e. The van der Waals surface area contributed by atoms with Crippen LogP contribution in [0.15, 0.2) is 206 Å². The Morgan fingerprint density at radius 2 is 0.840 bits per heavy atom. The van der Waals surface area contributed by atoms with Gasteiger partial charge in [0.05, 0.1) is 11.0 Å². The second-order valence-electron chi connectivity index (χ2n) is 12.6. The second kappa shape index (κ2) is 12.8. The van der Waals surface area contributed by atoms with Crippen molar-refractivity contribution in [2.24, 2.45) is 0 Å². The number of hydrogen-bond acceptors (Lipinski definition) is 1. The molecule has 0 aliphatic heterocycles. The summed E-state index contributed by atoms with van der Waals surface area (Å²) in [5.74, 6) is 0. The van der Waals surface area contributed by atoms with E-state index in [1.807, 2.05) is 0 Å². The highest BCUT2D eigenvalue weighted by Crippen LogP contribution is 2.43. The Morgan fingerprint density at radius 1 is 0.320 bits per heavy atom. The lowest BCUT2D eigenvalue weighted by Crippen LogP contribution is -2.10. The quantitative estimate of drug-likeness (QED) is 0.169. The Morgan fingerprint density at radius 3 is 1.52 bits per heavy atom. The summed E-state index contributed by atoms with van der Waals surface area (Å²) in [6.45, 7) is 0. The molecule has 2 nitrogen and oxygen atoms in total. The molecule has 0 amide bonds. The molecule has 1 aromatic heterocycles. The molecule has 0 atom stereocenters. The Balaban J connectivity index is 1.28. The Kier molecular flexibility index (Phi) is 7.53. The van der Waals surface area contributed by atoms with E-state index < -0.39 is 0 Å². The minimum absolute atomic E-state index is 1.09. The Labute approximate surface area is 292 Å². The van der Waals surface area contributed by atoms with Crippen LogP contribution in [0, 0.1) is 0 Å². The molecule has 0 bridgehead atoms. The van der Waals surface area contributed by atoms with Gasteiger partial charge in [-0.2, -0.15) is 0 Å². The summed E-state index contributed by atoms with van der Waals surface area (Å²) >= 11 is 0. The van der Waals surface area contributed by atoms with Gasteiger partial charge >= 0.3 is 0 Å². The molecule has 50 heavy (non-hydrogen) atoms. The molecule has 0 aliphatic carbocycles. The van der Waals surface area contributed by atoms with E-state index in [0.29, 0.717) is 0 Å². The number of rotatable bonds is 7. The van der Waals surface area contributed by atoms with E-state index in [4.69, 9.17) is 0 Å². The lowest BCUT2D eigenvalue weighted by Gasteiger charge is -2.26. The van der Waals surface area contributed by atoms with Gasteiger partial charge in [0.2, 0.25) is 0 Å². The molecule has 236 valence electrons. The fourth-order valence-corrected chi connectivity index (χ4v) is 7.24. The van der Waals surface area contributed by atoms with Gasteiger partial charge in [-0.3, -0.25) is 0 Å². The average Bonchev–Trinajstić information content (AvgIpc) is 3.54. The number of aromatic nitrogens is 1. The molecule has 0 saturated heterocycles. The van der Waals surface area contributed by atoms with Crippen LogP contribution < -0.4 is 4.90 Å². The highest BCUT2D eigenvalue weighted by atomic mass is 15.1. The van der Waals surface area contributed by atoms with Crippen LogP contribution in [-0.2, 0) is 0 Å². The van der Waals surface area contributed by atoms with Crippen LogP contribution in [0.1, 0.15) is 0 Å². The van der Waals surface area contributed by atoms with Gasteiger partial charge in [0.15, 0.2) is 0 Å². The van der Waals surface area contributed by atoms with E-state index in [0.717, 1.165) is 28.3 Å². The number of anilines is 3. The molecule has 0 spiro atoms. The molecule has 0 aliphatic rings. The molecule has 0 fully saturated rings. The number of fused-ring (bicyclic) bond motifs is 3. The molecular formula is C48H34N2. The zero-order chi connectivity index (χ0) is 33.3. The van der Waals surface area contributed by atoms with E-state index in [-0.39, 0.29) is 0 Å². The molecule has 9 rings (SSSR count). The van der Waals surface area contributed by atoms with Crippen LogP contribution in [0.25, 0.3) is 60.9 Å². The second-order valence-corrected chi connectivity index (χ2v) is 12.6. The Bertz CT molecular complexity index is 2550. The molecule has 8 aromatic carbocycles. The minimum atomic E-state index is 1.09. The van der Waals surface area contributed by atoms with Gasteiger partial charge in [0.1, 0.15) is 0 Å². The van der Waals surface area contributed by atoms with Gasteiger partial charge in [-0.15, -0.1) is 0 Å². The SMILES string of the molecule is c1ccc(-c2ccc(N(c3cccc(-c4ccccc4)c3)c3ccc4c5c(-c6ccccc6)cccc5n(-c5ccccc5)c4c3)cc2)cc1. The predicted molar refractivity (Wildman–Crippen MR) is 212 cm³/mol. The van der Waals surface area contributed by atoms with Crippen molar-refractivity contribution in [2.75, 3.05) is 4.90 Å². The number of nitrogens with zero attached hydrogens (tertiary/aromatic N) is 2. The van der Waals surface area contributed by atoms with E-state index in [9.17, 15) is 0 Å². The lowest BCUT2D eigenvalue weighted by atomic mass is 9.99. The van der Waals surface area contributed by atoms with Gasteiger partial charge in [0.25, 0.3) is 0 Å². The van der Waals surface area contributed by atoms with Crippen molar-refractivity contribution in [1.82, 2.24) is 4.57 Å². The molecule has 0 N–H and O–H groups in total. The molecule has 2 heteroatoms. The zero-order valence-electron chi connectivity index (χ0n) is 27.5. The van der Waals surface area contributed by atoms with Gasteiger partial charge in [-0.05, 0) is 88.0 Å². The fraction of sp³-hybridized carbons (Fsp3) is 0. The maximum atomic E-state index is 2.41. The maximum absolute atomic E-state index is 2.41. The molecule has 9 aromatic rings. The topological polar surface area (TPSA) is 8.17 Å². The summed E-state index contributed by atoms with van der Waals surface area (Å²) in [4.78, 5) is 2.38. The van der Waals surface area contributed by atoms with E-state index in [1.165, 1.54) is 49.7 Å². The smallest absolute Gasteiger partial charge is 0.0562 e. The summed E-state index contributed by atoms with van der Waals surface area (Å²) in [6.07, 6.45) is 0. The molecule has 0 saturated carbocycles. The van der Waals surface area contributed by atoms with Gasteiger partial charge in [-0.25, -0.2) is 0 Å². The van der Waals surface area contributed by atoms with Crippen molar-refractivity contribution in [2.45, 2.75) is 0 Å². The first-order valence-electron chi connectivity index (χ1n) is 17.1. The van der Waals surface area contributed by atoms with Crippen LogP contribution >= 0.6 is 0 Å². The van der Waals surface area contributed by atoms with Gasteiger partial charge < -0.3 is 9.47 Å². The average molecular weight is 639 g/mol. The van der Waals surface area contributed by atoms with Crippen LogP contribution in [0.4, 0.5) is 17.1 Å². The van der Waals surface area contributed by atoms with Crippen LogP contribution in [0.5, 0.6) is 0 Å². The fourth-order valence-electron chi connectivity index (χ4n) is 7.24. The van der Waals surface area contributed by atoms with Crippen molar-refractivity contribution in [1.29, 1.82) is 0 Å². The van der Waals surface area contributed by atoms with E-state index in [2.05, 4.69) is 216 Å². The van der Waals surface area contributed by atoms with Crippen LogP contribution in [0.3, 0.4) is 0 Å². The van der Waals surface area contributed by atoms with Crippen molar-refractivity contribution in [3.8, 4) is 39.1 Å². The summed E-state index contributed by atoms with van der Waals surface area (Å²) in [6, 6.07) is 74.0. The highest BCUT2D eigenvalue weighted by molar-refractivity contribution is 6.16. The third kappa shape index (κ3) is 5.34. The summed E-state index contributed by atoms with van der Waals surface area (Å²) in [7, 11) is 0. The minimum Gasteiger partial charge on any atom is -0.310 e. The number of hydrogen-bond donors (Lipinski definition) is 0. The van der Waals surface area contributed by atoms with E-state index in [1.54, 1.807) is 0 Å². The largest absolute Gasteiger partial charge is 0.310 e.